The second-order valence-electron chi connectivity index (χ2n) is 9.91. The quantitative estimate of drug-likeness (QED) is 0.506. The Morgan fingerprint density at radius 2 is 1.94 bits per heavy atom. The third kappa shape index (κ3) is 8.33. The van der Waals surface area contributed by atoms with Crippen molar-refractivity contribution in [1.82, 2.24) is 25.2 Å². The Balaban J connectivity index is 1.11. The second-order valence-corrected chi connectivity index (χ2v) is 11.0. The van der Waals surface area contributed by atoms with Crippen LogP contribution in [0.4, 0.5) is 8.78 Å². The van der Waals surface area contributed by atoms with E-state index in [1.54, 1.807) is 6.20 Å². The number of aryl methyl sites for hydroxylation is 1. The van der Waals surface area contributed by atoms with Gasteiger partial charge < -0.3 is 19.7 Å². The molecule has 4 rings (SSSR count). The van der Waals surface area contributed by atoms with Crippen LogP contribution in [0.2, 0.25) is 0 Å². The zero-order valence-corrected chi connectivity index (χ0v) is 21.8. The van der Waals surface area contributed by atoms with Gasteiger partial charge in [0.05, 0.1) is 23.8 Å². The van der Waals surface area contributed by atoms with Gasteiger partial charge in [0, 0.05) is 37.4 Å². The van der Waals surface area contributed by atoms with E-state index in [-0.39, 0.29) is 18.6 Å². The van der Waals surface area contributed by atoms with E-state index in [1.807, 2.05) is 6.92 Å². The Kier molecular flexibility index (Phi) is 9.05. The highest BCUT2D eigenvalue weighted by atomic mass is 32.1. The van der Waals surface area contributed by atoms with Gasteiger partial charge in [-0.05, 0) is 57.9 Å². The van der Waals surface area contributed by atoms with Crippen LogP contribution in [0.15, 0.2) is 12.4 Å². The molecule has 36 heavy (non-hydrogen) atoms. The molecular formula is C25H35F2N5O3S. The van der Waals surface area contributed by atoms with Crippen LogP contribution in [0, 0.1) is 12.8 Å². The van der Waals surface area contributed by atoms with E-state index < -0.39 is 12.5 Å². The molecule has 198 valence electrons. The van der Waals surface area contributed by atoms with Crippen LogP contribution in [-0.2, 0) is 17.6 Å². The maximum atomic E-state index is 13.0. The summed E-state index contributed by atoms with van der Waals surface area (Å²) in [5.74, 6) is -1.95. The summed E-state index contributed by atoms with van der Waals surface area (Å²) >= 11 is 1.40. The molecule has 3 heterocycles. The number of ether oxygens (including phenoxy) is 2. The molecule has 11 heteroatoms. The fourth-order valence-corrected chi connectivity index (χ4v) is 5.63. The molecule has 0 atom stereocenters. The van der Waals surface area contributed by atoms with Crippen molar-refractivity contribution in [2.45, 2.75) is 70.8 Å². The molecule has 2 aromatic rings. The number of nitrogens with zero attached hydrogens (tertiary/aromatic N) is 4. The van der Waals surface area contributed by atoms with E-state index in [0.29, 0.717) is 17.0 Å². The van der Waals surface area contributed by atoms with Crippen molar-refractivity contribution in [3.8, 4) is 11.1 Å². The van der Waals surface area contributed by atoms with Crippen LogP contribution in [0.1, 0.15) is 55.3 Å². The molecule has 8 nitrogen and oxygen atoms in total. The molecule has 2 aromatic heterocycles. The van der Waals surface area contributed by atoms with E-state index in [9.17, 15) is 13.6 Å². The second kappa shape index (κ2) is 12.2. The molecule has 0 spiro atoms. The number of carbonyl (C=O) groups is 1. The van der Waals surface area contributed by atoms with Crippen LogP contribution in [0.25, 0.3) is 0 Å². The lowest BCUT2D eigenvalue weighted by Crippen LogP contribution is -2.40. The maximum Gasteiger partial charge on any atom is 0.278 e. The van der Waals surface area contributed by atoms with Crippen molar-refractivity contribution in [3.05, 3.63) is 28.7 Å². The van der Waals surface area contributed by atoms with Crippen LogP contribution < -0.4 is 14.8 Å². The minimum Gasteiger partial charge on any atom is -0.466 e. The maximum absolute atomic E-state index is 13.0. The topological polar surface area (TPSA) is 89.5 Å². The summed E-state index contributed by atoms with van der Waals surface area (Å²) in [7, 11) is 0. The number of nitrogens with one attached hydrogen (secondary N) is 1. The summed E-state index contributed by atoms with van der Waals surface area (Å²) in [5, 5.41) is 3.44. The van der Waals surface area contributed by atoms with Gasteiger partial charge in [-0.15, -0.1) is 0 Å². The lowest BCUT2D eigenvalue weighted by atomic mass is 9.84. The molecule has 1 saturated carbocycles. The lowest BCUT2D eigenvalue weighted by molar-refractivity contribution is -0.124. The molecule has 0 aromatic carbocycles. The number of hydrogen-bond acceptors (Lipinski definition) is 8. The molecule has 1 aliphatic carbocycles. The van der Waals surface area contributed by atoms with Gasteiger partial charge in [0.25, 0.3) is 17.0 Å². The van der Waals surface area contributed by atoms with Crippen LogP contribution >= 0.6 is 11.3 Å². The van der Waals surface area contributed by atoms with Crippen molar-refractivity contribution in [1.29, 1.82) is 0 Å². The molecule has 0 radical (unpaired) electrons. The lowest BCUT2D eigenvalue weighted by Gasteiger charge is -2.30. The van der Waals surface area contributed by atoms with Gasteiger partial charge >= 0.3 is 0 Å². The number of thiazole rings is 1. The zero-order chi connectivity index (χ0) is 25.5. The van der Waals surface area contributed by atoms with Gasteiger partial charge in [0.2, 0.25) is 5.88 Å². The summed E-state index contributed by atoms with van der Waals surface area (Å²) in [6.45, 7) is 4.95. The molecule has 1 N–H and O–H groups in total. The van der Waals surface area contributed by atoms with Gasteiger partial charge in [-0.1, -0.05) is 11.3 Å². The molecule has 0 bridgehead atoms. The monoisotopic (exact) mass is 523 g/mol. The standard InChI is InChI=1S/C25H35F2N5O3S/c1-17-13-29-23(14-28-17)34-15-22(33)30-19-5-3-18(4-6-19)7-10-32-11-8-20-21(9-12-32)36-24(31-20)35-16-25(2,26)27/h13-14,18-19H,3-12,15-16H2,1-2H3,(H,30,33). The van der Waals surface area contributed by atoms with Crippen LogP contribution in [0.5, 0.6) is 11.1 Å². The van der Waals surface area contributed by atoms with E-state index in [4.69, 9.17) is 9.47 Å². The first-order valence-corrected chi connectivity index (χ1v) is 13.5. The Morgan fingerprint density at radius 3 is 2.67 bits per heavy atom. The summed E-state index contributed by atoms with van der Waals surface area (Å²) < 4.78 is 36.7. The highest BCUT2D eigenvalue weighted by Gasteiger charge is 2.26. The zero-order valence-electron chi connectivity index (χ0n) is 21.0. The van der Waals surface area contributed by atoms with Gasteiger partial charge in [-0.25, -0.2) is 18.7 Å². The van der Waals surface area contributed by atoms with Gasteiger partial charge in [-0.3, -0.25) is 9.78 Å². The number of aromatic nitrogens is 3. The van der Waals surface area contributed by atoms with Crippen molar-refractivity contribution in [2.75, 3.05) is 32.8 Å². The van der Waals surface area contributed by atoms with Gasteiger partial charge in [-0.2, -0.15) is 0 Å². The average molecular weight is 524 g/mol. The first kappa shape index (κ1) is 26.7. The minimum absolute atomic E-state index is 0.0499. The fraction of sp³-hybridized carbons (Fsp3) is 0.680. The Morgan fingerprint density at radius 1 is 1.17 bits per heavy atom. The number of carbonyl (C=O) groups excluding carboxylic acids is 1. The van der Waals surface area contributed by atoms with Gasteiger partial charge in [0.1, 0.15) is 0 Å². The van der Waals surface area contributed by atoms with Crippen molar-refractivity contribution >= 4 is 17.2 Å². The number of alkyl halides is 2. The number of fused-ring (bicyclic) bond motifs is 1. The first-order chi connectivity index (χ1) is 17.2. The van der Waals surface area contributed by atoms with Crippen LogP contribution in [0.3, 0.4) is 0 Å². The number of amides is 1. The molecule has 0 unspecified atom stereocenters. The SMILES string of the molecule is Cc1cnc(OCC(=O)NC2CCC(CCN3CCc4nc(OCC(C)(F)F)sc4CC3)CC2)cn1. The average Bonchev–Trinajstić information content (AvgIpc) is 3.15. The predicted octanol–water partition coefficient (Wildman–Crippen LogP) is 3.82. The summed E-state index contributed by atoms with van der Waals surface area (Å²) in [5.41, 5.74) is 1.79. The molecule has 0 saturated heterocycles. The molecule has 1 aliphatic heterocycles. The summed E-state index contributed by atoms with van der Waals surface area (Å²) in [4.78, 5) is 28.5. The van der Waals surface area contributed by atoms with Crippen molar-refractivity contribution in [3.63, 3.8) is 0 Å². The smallest absolute Gasteiger partial charge is 0.278 e. The van der Waals surface area contributed by atoms with E-state index in [0.717, 1.165) is 87.8 Å². The van der Waals surface area contributed by atoms with Crippen LogP contribution in [-0.4, -0.2) is 70.6 Å². The highest BCUT2D eigenvalue weighted by molar-refractivity contribution is 7.13. The predicted molar refractivity (Wildman–Crippen MR) is 133 cm³/mol. The van der Waals surface area contributed by atoms with Gasteiger partial charge in [0.15, 0.2) is 13.2 Å². The highest BCUT2D eigenvalue weighted by Crippen LogP contribution is 2.30. The largest absolute Gasteiger partial charge is 0.466 e. The first-order valence-electron chi connectivity index (χ1n) is 12.7. The molecule has 1 amide bonds. The van der Waals surface area contributed by atoms with E-state index in [1.165, 1.54) is 17.5 Å². The number of hydrogen-bond donors (Lipinski definition) is 1. The third-order valence-corrected chi connectivity index (χ3v) is 7.77. The van der Waals surface area contributed by atoms with Crippen molar-refractivity contribution < 1.29 is 23.0 Å². The fourth-order valence-electron chi connectivity index (χ4n) is 4.68. The Hall–Kier alpha value is -2.40. The number of halogens is 2. The summed E-state index contributed by atoms with van der Waals surface area (Å²) in [6, 6.07) is 0.200. The third-order valence-electron chi connectivity index (χ3n) is 6.70. The van der Waals surface area contributed by atoms with E-state index >= 15 is 0 Å². The minimum atomic E-state index is -2.85. The molecule has 1 fully saturated rings. The summed E-state index contributed by atoms with van der Waals surface area (Å²) in [6.07, 6.45) is 10.2. The molecular weight excluding hydrogens is 488 g/mol. The number of rotatable bonds is 10. The molecule has 2 aliphatic rings. The van der Waals surface area contributed by atoms with E-state index in [2.05, 4.69) is 25.2 Å². The Labute approximate surface area is 214 Å². The normalized spacial score (nSPS) is 20.9. The Bertz CT molecular complexity index is 965. The van der Waals surface area contributed by atoms with Crippen molar-refractivity contribution in [2.24, 2.45) is 5.92 Å².